The van der Waals surface area contributed by atoms with Gasteiger partial charge in [-0.2, -0.15) is 0 Å². The summed E-state index contributed by atoms with van der Waals surface area (Å²) < 4.78 is 29.7. The molecule has 3 aromatic rings. The predicted molar refractivity (Wildman–Crippen MR) is 148 cm³/mol. The van der Waals surface area contributed by atoms with Gasteiger partial charge in [-0.15, -0.1) is 0 Å². The van der Waals surface area contributed by atoms with Gasteiger partial charge in [0.1, 0.15) is 0 Å². The zero-order valence-corrected chi connectivity index (χ0v) is 22.5. The number of hydrogen-bond donors (Lipinski definition) is 0. The van der Waals surface area contributed by atoms with Crippen molar-refractivity contribution in [2.75, 3.05) is 17.4 Å². The lowest BCUT2D eigenvalue weighted by Crippen LogP contribution is -2.51. The average molecular weight is 523 g/mol. The van der Waals surface area contributed by atoms with Crippen molar-refractivity contribution in [2.24, 2.45) is 0 Å². The molecule has 2 aliphatic rings. The summed E-state index contributed by atoms with van der Waals surface area (Å²) in [6.07, 6.45) is 6.62. The third kappa shape index (κ3) is 5.20. The summed E-state index contributed by atoms with van der Waals surface area (Å²) in [4.78, 5) is 3.01. The summed E-state index contributed by atoms with van der Waals surface area (Å²) in [7, 11) is -3.72. The number of hydrogen-bond acceptors (Lipinski definition) is 3. The first kappa shape index (κ1) is 25.3. The van der Waals surface area contributed by atoms with Gasteiger partial charge in [0.15, 0.2) is 0 Å². The average Bonchev–Trinajstić information content (AvgIpc) is 2.91. The van der Waals surface area contributed by atoms with Crippen LogP contribution in [-0.2, 0) is 10.0 Å². The minimum absolute atomic E-state index is 0.0919. The van der Waals surface area contributed by atoms with Crippen molar-refractivity contribution in [3.63, 3.8) is 0 Å². The molecule has 2 unspecified atom stereocenters. The smallest absolute Gasteiger partial charge is 0.264 e. The molecule has 0 aromatic heterocycles. The summed E-state index contributed by atoms with van der Waals surface area (Å²) in [6, 6.07) is 25.8. The van der Waals surface area contributed by atoms with Crippen LogP contribution < -0.4 is 4.31 Å². The second-order valence-corrected chi connectivity index (χ2v) is 12.4. The lowest BCUT2D eigenvalue weighted by atomic mass is 9.78. The van der Waals surface area contributed by atoms with Crippen LogP contribution in [0.3, 0.4) is 0 Å². The third-order valence-electron chi connectivity index (χ3n) is 7.97. The molecule has 0 amide bonds. The minimum Gasteiger partial charge on any atom is -0.300 e. The molecule has 1 aliphatic carbocycles. The predicted octanol–water partition coefficient (Wildman–Crippen LogP) is 7.03. The Labute approximate surface area is 220 Å². The van der Waals surface area contributed by atoms with Crippen molar-refractivity contribution >= 4 is 27.3 Å². The molecule has 2 fully saturated rings. The van der Waals surface area contributed by atoms with Crippen LogP contribution in [0.25, 0.3) is 0 Å². The number of nitrogens with zero attached hydrogens (tertiary/aromatic N) is 2. The molecule has 1 aliphatic heterocycles. The number of anilines is 1. The van der Waals surface area contributed by atoms with Gasteiger partial charge in [0.05, 0.1) is 10.6 Å². The molecule has 4 nitrogen and oxygen atoms in total. The Balaban J connectivity index is 1.40. The highest BCUT2D eigenvalue weighted by Gasteiger charge is 2.38. The van der Waals surface area contributed by atoms with Crippen molar-refractivity contribution in [2.45, 2.75) is 68.3 Å². The number of likely N-dealkylation sites (tertiary alicyclic amines) is 1. The first-order valence-electron chi connectivity index (χ1n) is 13.1. The molecule has 0 spiro atoms. The Morgan fingerprint density at radius 3 is 2.14 bits per heavy atom. The minimum atomic E-state index is -3.72. The third-order valence-corrected chi connectivity index (χ3v) is 10.3. The maximum atomic E-state index is 14.0. The molecular weight excluding hydrogens is 488 g/mol. The first-order chi connectivity index (χ1) is 17.4. The van der Waals surface area contributed by atoms with E-state index in [-0.39, 0.29) is 6.04 Å². The van der Waals surface area contributed by atoms with Gasteiger partial charge in [-0.05, 0) is 80.0 Å². The number of benzene rings is 3. The SMILES string of the molecule is Cc1ccccc1S(=O)(=O)N(c1ccc(Cl)cc1)C1CCN(C2CCCCC2c2ccccc2)CC1. The van der Waals surface area contributed by atoms with E-state index in [1.54, 1.807) is 28.6 Å². The molecule has 190 valence electrons. The Morgan fingerprint density at radius 1 is 0.806 bits per heavy atom. The van der Waals surface area contributed by atoms with Gasteiger partial charge in [0, 0.05) is 30.2 Å². The van der Waals surface area contributed by atoms with E-state index < -0.39 is 10.0 Å². The van der Waals surface area contributed by atoms with Gasteiger partial charge in [-0.25, -0.2) is 8.42 Å². The highest BCUT2D eigenvalue weighted by molar-refractivity contribution is 7.93. The van der Waals surface area contributed by atoms with Crippen molar-refractivity contribution in [3.05, 3.63) is 95.0 Å². The molecular formula is C30H35ClN2O2S. The zero-order chi connectivity index (χ0) is 25.1. The second kappa shape index (κ2) is 11.0. The fourth-order valence-electron chi connectivity index (χ4n) is 6.18. The standard InChI is InChI=1S/C30H35ClN2O2S/c1-23-9-5-8-14-30(23)36(34,35)33(26-17-15-25(31)16-18-26)27-19-21-32(22-20-27)29-13-7-6-12-28(29)24-10-3-2-4-11-24/h2-5,8-11,14-18,27-29H,6-7,12-13,19-22H2,1H3. The Bertz CT molecular complexity index is 1260. The topological polar surface area (TPSA) is 40.6 Å². The van der Waals surface area contributed by atoms with Crippen LogP contribution in [0.15, 0.2) is 83.8 Å². The fraction of sp³-hybridized carbons (Fsp3) is 0.400. The van der Waals surface area contributed by atoms with Gasteiger partial charge >= 0.3 is 0 Å². The van der Waals surface area contributed by atoms with E-state index in [0.717, 1.165) is 31.5 Å². The number of sulfonamides is 1. The molecule has 0 N–H and O–H groups in total. The van der Waals surface area contributed by atoms with Gasteiger partial charge in [0.2, 0.25) is 0 Å². The van der Waals surface area contributed by atoms with E-state index in [4.69, 9.17) is 11.6 Å². The van der Waals surface area contributed by atoms with Crippen LogP contribution in [0.4, 0.5) is 5.69 Å². The molecule has 1 saturated carbocycles. The van der Waals surface area contributed by atoms with Crippen molar-refractivity contribution < 1.29 is 8.42 Å². The Hall–Kier alpha value is -2.34. The van der Waals surface area contributed by atoms with Gasteiger partial charge in [0.25, 0.3) is 10.0 Å². The van der Waals surface area contributed by atoms with Gasteiger partial charge in [-0.3, -0.25) is 9.21 Å². The van der Waals surface area contributed by atoms with Gasteiger partial charge in [-0.1, -0.05) is 73.0 Å². The van der Waals surface area contributed by atoms with E-state index in [1.165, 1.54) is 31.2 Å². The summed E-state index contributed by atoms with van der Waals surface area (Å²) in [5.74, 6) is 0.555. The van der Waals surface area contributed by atoms with Crippen LogP contribution in [0.5, 0.6) is 0 Å². The summed E-state index contributed by atoms with van der Waals surface area (Å²) in [6.45, 7) is 3.68. The molecule has 2 atom stereocenters. The molecule has 5 rings (SSSR count). The highest BCUT2D eigenvalue weighted by Crippen LogP contribution is 2.39. The Morgan fingerprint density at radius 2 is 1.44 bits per heavy atom. The molecule has 3 aromatic carbocycles. The van der Waals surface area contributed by atoms with E-state index in [1.807, 2.05) is 31.2 Å². The number of rotatable bonds is 6. The van der Waals surface area contributed by atoms with Crippen molar-refractivity contribution in [1.82, 2.24) is 4.90 Å². The van der Waals surface area contributed by atoms with E-state index >= 15 is 0 Å². The van der Waals surface area contributed by atoms with E-state index in [0.29, 0.717) is 27.6 Å². The summed E-state index contributed by atoms with van der Waals surface area (Å²) in [5.41, 5.74) is 2.89. The molecule has 0 bridgehead atoms. The lowest BCUT2D eigenvalue weighted by Gasteiger charge is -2.45. The quantitative estimate of drug-likeness (QED) is 0.349. The largest absolute Gasteiger partial charge is 0.300 e. The normalized spacial score (nSPS) is 21.8. The monoisotopic (exact) mass is 522 g/mol. The van der Waals surface area contributed by atoms with Crippen LogP contribution in [0, 0.1) is 6.92 Å². The Kier molecular flexibility index (Phi) is 7.71. The van der Waals surface area contributed by atoms with E-state index in [9.17, 15) is 8.42 Å². The second-order valence-electron chi connectivity index (χ2n) is 10.2. The molecule has 1 saturated heterocycles. The van der Waals surface area contributed by atoms with Crippen LogP contribution in [-0.4, -0.2) is 38.5 Å². The highest BCUT2D eigenvalue weighted by atomic mass is 35.5. The molecule has 6 heteroatoms. The number of aryl methyl sites for hydroxylation is 1. The molecule has 1 heterocycles. The molecule has 36 heavy (non-hydrogen) atoms. The van der Waals surface area contributed by atoms with E-state index in [2.05, 4.69) is 35.2 Å². The summed E-state index contributed by atoms with van der Waals surface area (Å²) in [5, 5.41) is 0.603. The molecule has 0 radical (unpaired) electrons. The fourth-order valence-corrected chi connectivity index (χ4v) is 8.24. The van der Waals surface area contributed by atoms with Gasteiger partial charge < -0.3 is 0 Å². The van der Waals surface area contributed by atoms with Crippen molar-refractivity contribution in [3.8, 4) is 0 Å². The van der Waals surface area contributed by atoms with Crippen LogP contribution in [0.1, 0.15) is 55.6 Å². The van der Waals surface area contributed by atoms with Crippen LogP contribution >= 0.6 is 11.6 Å². The zero-order valence-electron chi connectivity index (χ0n) is 20.9. The number of halogens is 1. The van der Waals surface area contributed by atoms with Crippen LogP contribution in [0.2, 0.25) is 5.02 Å². The number of piperidine rings is 1. The maximum absolute atomic E-state index is 14.0. The summed E-state index contributed by atoms with van der Waals surface area (Å²) >= 11 is 6.15. The first-order valence-corrected chi connectivity index (χ1v) is 14.9. The lowest BCUT2D eigenvalue weighted by molar-refractivity contribution is 0.107. The van der Waals surface area contributed by atoms with Crippen molar-refractivity contribution in [1.29, 1.82) is 0 Å². The maximum Gasteiger partial charge on any atom is 0.264 e.